The van der Waals surface area contributed by atoms with Gasteiger partial charge in [0.2, 0.25) is 0 Å². The van der Waals surface area contributed by atoms with Crippen LogP contribution in [0.4, 0.5) is 4.39 Å². The van der Waals surface area contributed by atoms with E-state index in [-0.39, 0.29) is 5.82 Å². The lowest BCUT2D eigenvalue weighted by molar-refractivity contribution is 0.415. The van der Waals surface area contributed by atoms with Crippen LogP contribution in [-0.2, 0) is 0 Å². The average Bonchev–Trinajstić information content (AvgIpc) is 2.99. The van der Waals surface area contributed by atoms with Crippen molar-refractivity contribution in [1.82, 2.24) is 15.3 Å². The Morgan fingerprint density at radius 3 is 2.84 bits per heavy atom. The van der Waals surface area contributed by atoms with E-state index < -0.39 is 0 Å². The number of fused-ring (bicyclic) bond motifs is 1. The summed E-state index contributed by atoms with van der Waals surface area (Å²) in [6, 6.07) is 6.51. The first-order valence-corrected chi connectivity index (χ1v) is 8.40. The molecule has 5 heteroatoms. The number of aryl methyl sites for hydroxylation is 1. The standard InChI is InChI=1S/C20H20FN3O/c1-12-18-15(16-11-14(21)3-4-17(16)25-2)7-10-23-20(18)24-19(12)13-5-8-22-9-6-13/h3-5,7,10-11,22H,6,8-9H2,1-2H3,(H,23,24). The number of H-pyrrole nitrogens is 1. The number of aromatic amines is 1. The number of ether oxygens (including phenoxy) is 1. The third-order valence-corrected chi connectivity index (χ3v) is 4.78. The fraction of sp³-hybridized carbons (Fsp3) is 0.250. The SMILES string of the molecule is COc1ccc(F)cc1-c1ccnc2[nH]c(C3=CCNCC3)c(C)c12. The van der Waals surface area contributed by atoms with Gasteiger partial charge in [-0.1, -0.05) is 6.08 Å². The predicted molar refractivity (Wildman–Crippen MR) is 98.2 cm³/mol. The first-order valence-electron chi connectivity index (χ1n) is 8.40. The summed E-state index contributed by atoms with van der Waals surface area (Å²) in [5.74, 6) is 0.368. The van der Waals surface area contributed by atoms with Crippen LogP contribution >= 0.6 is 0 Å². The molecular formula is C20H20FN3O. The van der Waals surface area contributed by atoms with Crippen molar-refractivity contribution in [2.75, 3.05) is 20.2 Å². The fourth-order valence-corrected chi connectivity index (χ4v) is 3.56. The molecule has 4 rings (SSSR count). The molecule has 128 valence electrons. The van der Waals surface area contributed by atoms with Crippen molar-refractivity contribution in [3.63, 3.8) is 0 Å². The van der Waals surface area contributed by atoms with Gasteiger partial charge in [0, 0.05) is 29.4 Å². The van der Waals surface area contributed by atoms with Crippen molar-refractivity contribution >= 4 is 16.6 Å². The van der Waals surface area contributed by atoms with Crippen LogP contribution in [0.15, 0.2) is 36.5 Å². The Labute approximate surface area is 145 Å². The summed E-state index contributed by atoms with van der Waals surface area (Å²) in [6.45, 7) is 3.94. The van der Waals surface area contributed by atoms with Crippen LogP contribution in [0.3, 0.4) is 0 Å². The Morgan fingerprint density at radius 2 is 2.08 bits per heavy atom. The highest BCUT2D eigenvalue weighted by molar-refractivity contribution is 5.99. The van der Waals surface area contributed by atoms with Gasteiger partial charge in [-0.2, -0.15) is 0 Å². The van der Waals surface area contributed by atoms with E-state index in [1.54, 1.807) is 19.4 Å². The van der Waals surface area contributed by atoms with Gasteiger partial charge in [0.15, 0.2) is 0 Å². The van der Waals surface area contributed by atoms with Gasteiger partial charge in [-0.05, 0) is 60.9 Å². The second-order valence-corrected chi connectivity index (χ2v) is 6.24. The number of hydrogen-bond acceptors (Lipinski definition) is 3. The molecule has 3 heterocycles. The molecule has 0 bridgehead atoms. The second-order valence-electron chi connectivity index (χ2n) is 6.24. The smallest absolute Gasteiger partial charge is 0.138 e. The summed E-state index contributed by atoms with van der Waals surface area (Å²) in [6.07, 6.45) is 4.94. The van der Waals surface area contributed by atoms with Crippen LogP contribution in [0.2, 0.25) is 0 Å². The van der Waals surface area contributed by atoms with Gasteiger partial charge in [-0.25, -0.2) is 9.37 Å². The average molecular weight is 337 g/mol. The molecule has 0 unspecified atom stereocenters. The topological polar surface area (TPSA) is 49.9 Å². The summed E-state index contributed by atoms with van der Waals surface area (Å²) in [4.78, 5) is 7.94. The number of pyridine rings is 1. The first-order chi connectivity index (χ1) is 12.2. The highest BCUT2D eigenvalue weighted by atomic mass is 19.1. The minimum atomic E-state index is -0.282. The first kappa shape index (κ1) is 15.8. The van der Waals surface area contributed by atoms with E-state index in [2.05, 4.69) is 28.3 Å². The molecule has 1 aliphatic rings. The van der Waals surface area contributed by atoms with Gasteiger partial charge in [-0.3, -0.25) is 0 Å². The lowest BCUT2D eigenvalue weighted by Gasteiger charge is -2.14. The number of benzene rings is 1. The van der Waals surface area contributed by atoms with E-state index in [1.807, 2.05) is 6.07 Å². The molecule has 1 aromatic carbocycles. The van der Waals surface area contributed by atoms with Crippen molar-refractivity contribution in [2.45, 2.75) is 13.3 Å². The maximum atomic E-state index is 13.9. The van der Waals surface area contributed by atoms with E-state index in [4.69, 9.17) is 4.74 Å². The molecule has 25 heavy (non-hydrogen) atoms. The quantitative estimate of drug-likeness (QED) is 0.758. The van der Waals surface area contributed by atoms with Crippen molar-refractivity contribution in [2.24, 2.45) is 0 Å². The summed E-state index contributed by atoms with van der Waals surface area (Å²) in [5, 5.41) is 4.35. The van der Waals surface area contributed by atoms with Gasteiger partial charge in [0.05, 0.1) is 7.11 Å². The Morgan fingerprint density at radius 1 is 1.20 bits per heavy atom. The molecule has 0 fully saturated rings. The molecule has 0 saturated carbocycles. The third-order valence-electron chi connectivity index (χ3n) is 4.78. The molecule has 1 aliphatic heterocycles. The van der Waals surface area contributed by atoms with E-state index in [0.29, 0.717) is 5.75 Å². The van der Waals surface area contributed by atoms with E-state index >= 15 is 0 Å². The lowest BCUT2D eigenvalue weighted by Crippen LogP contribution is -2.20. The summed E-state index contributed by atoms with van der Waals surface area (Å²) >= 11 is 0. The third kappa shape index (κ3) is 2.70. The molecule has 2 N–H and O–H groups in total. The van der Waals surface area contributed by atoms with Crippen LogP contribution in [0, 0.1) is 12.7 Å². The molecule has 0 spiro atoms. The van der Waals surface area contributed by atoms with Crippen molar-refractivity contribution in [3.8, 4) is 16.9 Å². The Hall–Kier alpha value is -2.66. The zero-order valence-electron chi connectivity index (χ0n) is 14.3. The predicted octanol–water partition coefficient (Wildman–Crippen LogP) is 4.06. The van der Waals surface area contributed by atoms with E-state index in [0.717, 1.165) is 52.9 Å². The summed E-state index contributed by atoms with van der Waals surface area (Å²) in [7, 11) is 1.60. The van der Waals surface area contributed by atoms with Crippen LogP contribution in [0.25, 0.3) is 27.7 Å². The van der Waals surface area contributed by atoms with Gasteiger partial charge in [-0.15, -0.1) is 0 Å². The van der Waals surface area contributed by atoms with Gasteiger partial charge in [0.1, 0.15) is 17.2 Å². The minimum absolute atomic E-state index is 0.282. The largest absolute Gasteiger partial charge is 0.496 e. The fourth-order valence-electron chi connectivity index (χ4n) is 3.56. The highest BCUT2D eigenvalue weighted by Gasteiger charge is 2.19. The Bertz CT molecular complexity index is 974. The van der Waals surface area contributed by atoms with Crippen molar-refractivity contribution < 1.29 is 9.13 Å². The Balaban J connectivity index is 1.96. The van der Waals surface area contributed by atoms with Crippen LogP contribution in [0.5, 0.6) is 5.75 Å². The molecule has 0 amide bonds. The van der Waals surface area contributed by atoms with Gasteiger partial charge in [0.25, 0.3) is 0 Å². The van der Waals surface area contributed by atoms with E-state index in [1.165, 1.54) is 17.7 Å². The molecule has 0 aliphatic carbocycles. The maximum Gasteiger partial charge on any atom is 0.138 e. The zero-order valence-corrected chi connectivity index (χ0v) is 14.3. The molecule has 4 nitrogen and oxygen atoms in total. The number of halogens is 1. The molecular weight excluding hydrogens is 317 g/mol. The van der Waals surface area contributed by atoms with Gasteiger partial charge < -0.3 is 15.0 Å². The number of methoxy groups -OCH3 is 1. The monoisotopic (exact) mass is 337 g/mol. The molecule has 3 aromatic rings. The summed E-state index contributed by atoms with van der Waals surface area (Å²) < 4.78 is 19.3. The number of nitrogens with one attached hydrogen (secondary N) is 2. The normalized spacial score (nSPS) is 14.6. The Kier molecular flexibility index (Phi) is 4.01. The highest BCUT2D eigenvalue weighted by Crippen LogP contribution is 2.38. The lowest BCUT2D eigenvalue weighted by atomic mass is 9.97. The van der Waals surface area contributed by atoms with E-state index in [9.17, 15) is 4.39 Å². The molecule has 0 atom stereocenters. The van der Waals surface area contributed by atoms with Crippen LogP contribution < -0.4 is 10.1 Å². The van der Waals surface area contributed by atoms with Crippen LogP contribution in [-0.4, -0.2) is 30.2 Å². The number of rotatable bonds is 3. The minimum Gasteiger partial charge on any atom is -0.496 e. The van der Waals surface area contributed by atoms with Crippen LogP contribution in [0.1, 0.15) is 17.7 Å². The maximum absolute atomic E-state index is 13.9. The summed E-state index contributed by atoms with van der Waals surface area (Å²) in [5.41, 5.74) is 6.03. The van der Waals surface area contributed by atoms with Gasteiger partial charge >= 0.3 is 0 Å². The van der Waals surface area contributed by atoms with Crippen molar-refractivity contribution in [3.05, 3.63) is 53.6 Å². The molecule has 2 aromatic heterocycles. The van der Waals surface area contributed by atoms with Crippen molar-refractivity contribution in [1.29, 1.82) is 0 Å². The zero-order chi connectivity index (χ0) is 17.4. The molecule has 0 radical (unpaired) electrons. The number of hydrogen-bond donors (Lipinski definition) is 2. The number of aromatic nitrogens is 2. The second kappa shape index (κ2) is 6.33. The number of nitrogens with zero attached hydrogens (tertiary/aromatic N) is 1. The molecule has 0 saturated heterocycles.